The molecule has 0 aliphatic rings. The Hall–Kier alpha value is -3.00. The van der Waals surface area contributed by atoms with Gasteiger partial charge in [0.2, 0.25) is 5.91 Å². The summed E-state index contributed by atoms with van der Waals surface area (Å²) >= 11 is 0. The molecular formula is C18H17FN2O4S. The van der Waals surface area contributed by atoms with Gasteiger partial charge >= 0.3 is 0 Å². The number of halogens is 1. The molecule has 136 valence electrons. The van der Waals surface area contributed by atoms with Crippen LogP contribution in [0.5, 0.6) is 0 Å². The van der Waals surface area contributed by atoms with E-state index in [9.17, 15) is 22.4 Å². The van der Waals surface area contributed by atoms with Crippen LogP contribution in [0.4, 0.5) is 10.1 Å². The van der Waals surface area contributed by atoms with Crippen molar-refractivity contribution < 1.29 is 22.4 Å². The van der Waals surface area contributed by atoms with Crippen molar-refractivity contribution in [2.75, 3.05) is 11.6 Å². The summed E-state index contributed by atoms with van der Waals surface area (Å²) in [4.78, 5) is 23.3. The van der Waals surface area contributed by atoms with Crippen LogP contribution in [0, 0.1) is 5.82 Å². The summed E-state index contributed by atoms with van der Waals surface area (Å²) in [5.74, 6) is -1.64. The minimum Gasteiger partial charge on any atom is -0.348 e. The van der Waals surface area contributed by atoms with E-state index in [1.165, 1.54) is 12.1 Å². The number of carbonyl (C=O) groups excluding carboxylic acids is 2. The zero-order valence-electron chi connectivity index (χ0n) is 14.0. The van der Waals surface area contributed by atoms with E-state index in [1.54, 1.807) is 12.1 Å². The molecule has 0 aliphatic carbocycles. The van der Waals surface area contributed by atoms with Gasteiger partial charge in [-0.3, -0.25) is 9.59 Å². The van der Waals surface area contributed by atoms with Crippen LogP contribution in [0.15, 0.2) is 60.0 Å². The van der Waals surface area contributed by atoms with Gasteiger partial charge in [-0.15, -0.1) is 0 Å². The molecule has 0 unspecified atom stereocenters. The number of benzene rings is 2. The van der Waals surface area contributed by atoms with Crippen LogP contribution in [0.3, 0.4) is 0 Å². The van der Waals surface area contributed by atoms with E-state index < -0.39 is 21.6 Å². The van der Waals surface area contributed by atoms with E-state index in [4.69, 9.17) is 0 Å². The first-order valence-electron chi connectivity index (χ1n) is 7.51. The van der Waals surface area contributed by atoms with Gasteiger partial charge in [-0.25, -0.2) is 12.8 Å². The number of rotatable bonds is 6. The Balaban J connectivity index is 2.13. The number of sulfone groups is 1. The molecule has 0 saturated carbocycles. The van der Waals surface area contributed by atoms with Crippen LogP contribution in [0.1, 0.15) is 15.9 Å². The van der Waals surface area contributed by atoms with Crippen molar-refractivity contribution in [3.8, 4) is 0 Å². The quantitative estimate of drug-likeness (QED) is 0.598. The van der Waals surface area contributed by atoms with Crippen molar-refractivity contribution in [1.82, 2.24) is 5.32 Å². The molecule has 0 atom stereocenters. The number of carbonyl (C=O) groups is 2. The fraction of sp³-hybridized carbons (Fsp3) is 0.111. The third kappa shape index (κ3) is 5.00. The van der Waals surface area contributed by atoms with E-state index in [2.05, 4.69) is 17.2 Å². The molecule has 2 amide bonds. The highest BCUT2D eigenvalue weighted by molar-refractivity contribution is 7.90. The molecule has 0 radical (unpaired) electrons. The lowest BCUT2D eigenvalue weighted by molar-refractivity contribution is -0.116. The van der Waals surface area contributed by atoms with Gasteiger partial charge in [-0.1, -0.05) is 18.7 Å². The lowest BCUT2D eigenvalue weighted by atomic mass is 10.1. The van der Waals surface area contributed by atoms with Gasteiger partial charge in [0, 0.05) is 18.4 Å². The van der Waals surface area contributed by atoms with Gasteiger partial charge in [-0.2, -0.15) is 0 Å². The molecule has 26 heavy (non-hydrogen) atoms. The number of nitrogens with one attached hydrogen (secondary N) is 2. The third-order valence-electron chi connectivity index (χ3n) is 3.48. The summed E-state index contributed by atoms with van der Waals surface area (Å²) < 4.78 is 36.9. The average Bonchev–Trinajstić information content (AvgIpc) is 2.60. The van der Waals surface area contributed by atoms with Crippen molar-refractivity contribution in [2.24, 2.45) is 0 Å². The lowest BCUT2D eigenvalue weighted by Gasteiger charge is -2.09. The van der Waals surface area contributed by atoms with Crippen molar-refractivity contribution in [3.05, 3.63) is 72.1 Å². The maximum absolute atomic E-state index is 13.8. The van der Waals surface area contributed by atoms with Crippen LogP contribution in [-0.2, 0) is 21.2 Å². The second-order valence-electron chi connectivity index (χ2n) is 5.49. The first kappa shape index (κ1) is 19.3. The predicted octanol–water partition coefficient (Wildman–Crippen LogP) is 2.28. The fourth-order valence-electron chi connectivity index (χ4n) is 2.06. The van der Waals surface area contributed by atoms with Crippen LogP contribution in [0.25, 0.3) is 0 Å². The van der Waals surface area contributed by atoms with E-state index in [0.29, 0.717) is 0 Å². The van der Waals surface area contributed by atoms with E-state index in [0.717, 1.165) is 36.1 Å². The zero-order chi connectivity index (χ0) is 19.3. The summed E-state index contributed by atoms with van der Waals surface area (Å²) in [7, 11) is -3.52. The Kier molecular flexibility index (Phi) is 5.89. The Morgan fingerprint density at radius 2 is 1.81 bits per heavy atom. The van der Waals surface area contributed by atoms with E-state index in [1.807, 2.05) is 0 Å². The van der Waals surface area contributed by atoms with Crippen molar-refractivity contribution >= 4 is 27.3 Å². The average molecular weight is 376 g/mol. The van der Waals surface area contributed by atoms with Gasteiger partial charge in [0.15, 0.2) is 9.84 Å². The lowest BCUT2D eigenvalue weighted by Crippen LogP contribution is -2.20. The Morgan fingerprint density at radius 3 is 2.38 bits per heavy atom. The Morgan fingerprint density at radius 1 is 1.15 bits per heavy atom. The van der Waals surface area contributed by atoms with Crippen LogP contribution < -0.4 is 10.6 Å². The zero-order valence-corrected chi connectivity index (χ0v) is 14.8. The van der Waals surface area contributed by atoms with Crippen LogP contribution in [0.2, 0.25) is 0 Å². The maximum atomic E-state index is 13.8. The highest BCUT2D eigenvalue weighted by Crippen LogP contribution is 2.20. The molecule has 0 aliphatic heterocycles. The number of hydrogen-bond donors (Lipinski definition) is 2. The molecule has 0 heterocycles. The first-order valence-corrected chi connectivity index (χ1v) is 9.40. The molecule has 0 spiro atoms. The maximum Gasteiger partial charge on any atom is 0.255 e. The largest absolute Gasteiger partial charge is 0.348 e. The summed E-state index contributed by atoms with van der Waals surface area (Å²) in [6, 6.07) is 9.50. The molecular weight excluding hydrogens is 359 g/mol. The molecule has 0 fully saturated rings. The van der Waals surface area contributed by atoms with Gasteiger partial charge in [0.1, 0.15) is 5.82 Å². The van der Waals surface area contributed by atoms with Crippen molar-refractivity contribution in [1.29, 1.82) is 0 Å². The van der Waals surface area contributed by atoms with Crippen molar-refractivity contribution in [3.63, 3.8) is 0 Å². The highest BCUT2D eigenvalue weighted by atomic mass is 32.2. The predicted molar refractivity (Wildman–Crippen MR) is 95.9 cm³/mol. The minimum atomic E-state index is -3.52. The second-order valence-corrected chi connectivity index (χ2v) is 7.50. The summed E-state index contributed by atoms with van der Waals surface area (Å²) in [5, 5.41) is 4.96. The number of hydrogen-bond acceptors (Lipinski definition) is 4. The second kappa shape index (κ2) is 7.92. The monoisotopic (exact) mass is 376 g/mol. The molecule has 0 aromatic heterocycles. The standard InChI is InChI=1S/C18H17FN2O4S/c1-3-17(22)20-11-12-4-6-13(7-5-12)18(23)21-16-10-14(26(2,24)25)8-9-15(16)19/h3-10H,1,11H2,2H3,(H,20,22)(H,21,23). The summed E-state index contributed by atoms with van der Waals surface area (Å²) in [6.07, 6.45) is 2.15. The van der Waals surface area contributed by atoms with Gasteiger partial charge in [-0.05, 0) is 42.0 Å². The molecule has 2 rings (SSSR count). The minimum absolute atomic E-state index is 0.0949. The molecule has 0 saturated heterocycles. The van der Waals surface area contributed by atoms with Crippen molar-refractivity contribution in [2.45, 2.75) is 11.4 Å². The fourth-order valence-corrected chi connectivity index (χ4v) is 2.71. The number of amides is 2. The summed E-state index contributed by atoms with van der Waals surface area (Å²) in [6.45, 7) is 3.62. The highest BCUT2D eigenvalue weighted by Gasteiger charge is 2.14. The first-order chi connectivity index (χ1) is 12.2. The van der Waals surface area contributed by atoms with E-state index >= 15 is 0 Å². The number of anilines is 1. The SMILES string of the molecule is C=CC(=O)NCc1ccc(C(=O)Nc2cc(S(C)(=O)=O)ccc2F)cc1. The van der Waals surface area contributed by atoms with Crippen LogP contribution in [-0.4, -0.2) is 26.5 Å². The molecule has 2 aromatic rings. The third-order valence-corrected chi connectivity index (χ3v) is 4.59. The van der Waals surface area contributed by atoms with Gasteiger partial charge < -0.3 is 10.6 Å². The molecule has 2 N–H and O–H groups in total. The van der Waals surface area contributed by atoms with Gasteiger partial charge in [0.05, 0.1) is 10.6 Å². The topological polar surface area (TPSA) is 92.3 Å². The van der Waals surface area contributed by atoms with Crippen LogP contribution >= 0.6 is 0 Å². The van der Waals surface area contributed by atoms with Gasteiger partial charge in [0.25, 0.3) is 5.91 Å². The molecule has 8 heteroatoms. The summed E-state index contributed by atoms with van der Waals surface area (Å²) in [5.41, 5.74) is 0.801. The molecule has 2 aromatic carbocycles. The smallest absolute Gasteiger partial charge is 0.255 e. The molecule has 6 nitrogen and oxygen atoms in total. The molecule has 0 bridgehead atoms. The Bertz CT molecular complexity index is 954. The van der Waals surface area contributed by atoms with E-state index in [-0.39, 0.29) is 28.6 Å². The normalized spacial score (nSPS) is 10.8. The Labute approximate surface area is 150 Å².